The van der Waals surface area contributed by atoms with Crippen LogP contribution in [0.4, 0.5) is 5.69 Å². The minimum absolute atomic E-state index is 0.396. The minimum Gasteiger partial charge on any atom is -0.485 e. The maximum absolute atomic E-state index is 5.92. The predicted molar refractivity (Wildman–Crippen MR) is 83.6 cm³/mol. The van der Waals surface area contributed by atoms with E-state index in [0.29, 0.717) is 18.0 Å². The van der Waals surface area contributed by atoms with E-state index in [2.05, 4.69) is 21.0 Å². The first kappa shape index (κ1) is 13.0. The van der Waals surface area contributed by atoms with Crippen LogP contribution in [-0.4, -0.2) is 9.78 Å². The van der Waals surface area contributed by atoms with E-state index in [4.69, 9.17) is 10.5 Å². The molecule has 2 N–H and O–H groups in total. The third-order valence-electron chi connectivity index (χ3n) is 3.17. The van der Waals surface area contributed by atoms with Gasteiger partial charge in [-0.05, 0) is 24.3 Å². The van der Waals surface area contributed by atoms with Crippen LogP contribution in [0.1, 0.15) is 5.69 Å². The standard InChI is InChI=1S/C15H14BrN3O/c1-19-14-5-3-2-4-11(14)13(18-19)9-20-15-7-6-10(16)8-12(15)17/h2-8H,9,17H2,1H3. The Hall–Kier alpha value is -2.01. The lowest BCUT2D eigenvalue weighted by Gasteiger charge is -2.07. The molecular weight excluding hydrogens is 318 g/mol. The molecule has 0 aliphatic carbocycles. The Morgan fingerprint density at radius 1 is 1.25 bits per heavy atom. The largest absolute Gasteiger partial charge is 0.485 e. The van der Waals surface area contributed by atoms with Crippen LogP contribution in [0.3, 0.4) is 0 Å². The van der Waals surface area contributed by atoms with Gasteiger partial charge in [-0.25, -0.2) is 0 Å². The van der Waals surface area contributed by atoms with Crippen molar-refractivity contribution >= 4 is 32.5 Å². The summed E-state index contributed by atoms with van der Waals surface area (Å²) in [6.45, 7) is 0.396. The second-order valence-corrected chi connectivity index (χ2v) is 5.47. The summed E-state index contributed by atoms with van der Waals surface area (Å²) in [4.78, 5) is 0. The van der Waals surface area contributed by atoms with Gasteiger partial charge < -0.3 is 10.5 Å². The van der Waals surface area contributed by atoms with Crippen LogP contribution in [0.15, 0.2) is 46.9 Å². The molecule has 102 valence electrons. The number of fused-ring (bicyclic) bond motifs is 1. The van der Waals surface area contributed by atoms with Crippen molar-refractivity contribution in [1.29, 1.82) is 0 Å². The van der Waals surface area contributed by atoms with Gasteiger partial charge in [0.1, 0.15) is 18.1 Å². The van der Waals surface area contributed by atoms with Crippen molar-refractivity contribution in [3.63, 3.8) is 0 Å². The maximum atomic E-state index is 5.92. The highest BCUT2D eigenvalue weighted by Crippen LogP contribution is 2.27. The molecule has 0 aliphatic heterocycles. The molecule has 3 aromatic rings. The van der Waals surface area contributed by atoms with Crippen molar-refractivity contribution in [3.05, 3.63) is 52.6 Å². The molecule has 1 heterocycles. The number of hydrogen-bond acceptors (Lipinski definition) is 3. The van der Waals surface area contributed by atoms with Crippen LogP contribution in [-0.2, 0) is 13.7 Å². The van der Waals surface area contributed by atoms with E-state index in [1.807, 2.05) is 54.2 Å². The van der Waals surface area contributed by atoms with Crippen LogP contribution < -0.4 is 10.5 Å². The third-order valence-corrected chi connectivity index (χ3v) is 3.66. The number of benzene rings is 2. The van der Waals surface area contributed by atoms with Gasteiger partial charge >= 0.3 is 0 Å². The smallest absolute Gasteiger partial charge is 0.142 e. The fourth-order valence-corrected chi connectivity index (χ4v) is 2.57. The summed E-state index contributed by atoms with van der Waals surface area (Å²) in [7, 11) is 1.93. The maximum Gasteiger partial charge on any atom is 0.142 e. The van der Waals surface area contributed by atoms with Crippen LogP contribution in [0.2, 0.25) is 0 Å². The molecule has 0 saturated heterocycles. The monoisotopic (exact) mass is 331 g/mol. The summed E-state index contributed by atoms with van der Waals surface area (Å²) in [5.74, 6) is 0.669. The summed E-state index contributed by atoms with van der Waals surface area (Å²) < 4.78 is 8.57. The zero-order chi connectivity index (χ0) is 14.1. The molecule has 0 bridgehead atoms. The topological polar surface area (TPSA) is 53.1 Å². The Bertz CT molecular complexity index is 767. The summed E-state index contributed by atoms with van der Waals surface area (Å²) in [6, 6.07) is 13.7. The lowest BCUT2D eigenvalue weighted by molar-refractivity contribution is 0.303. The fourth-order valence-electron chi connectivity index (χ4n) is 2.19. The predicted octanol–water partition coefficient (Wildman–Crippen LogP) is 3.50. The van der Waals surface area contributed by atoms with Gasteiger partial charge in [-0.15, -0.1) is 0 Å². The van der Waals surface area contributed by atoms with Gasteiger partial charge in [0.25, 0.3) is 0 Å². The fraction of sp³-hybridized carbons (Fsp3) is 0.133. The number of anilines is 1. The highest BCUT2D eigenvalue weighted by Gasteiger charge is 2.09. The van der Waals surface area contributed by atoms with E-state index < -0.39 is 0 Å². The van der Waals surface area contributed by atoms with Crippen molar-refractivity contribution in [2.45, 2.75) is 6.61 Å². The minimum atomic E-state index is 0.396. The molecule has 0 atom stereocenters. The Labute approximate surface area is 125 Å². The van der Waals surface area contributed by atoms with Gasteiger partial charge in [0.05, 0.1) is 11.2 Å². The second kappa shape index (κ2) is 5.17. The number of halogens is 1. The van der Waals surface area contributed by atoms with Gasteiger partial charge in [-0.3, -0.25) is 4.68 Å². The summed E-state index contributed by atoms with van der Waals surface area (Å²) in [6.07, 6.45) is 0. The number of aromatic nitrogens is 2. The molecule has 4 nitrogen and oxygen atoms in total. The molecule has 0 saturated carbocycles. The number of nitrogens with zero attached hydrogens (tertiary/aromatic N) is 2. The third kappa shape index (κ3) is 2.36. The van der Waals surface area contributed by atoms with E-state index in [9.17, 15) is 0 Å². The van der Waals surface area contributed by atoms with E-state index in [0.717, 1.165) is 21.1 Å². The zero-order valence-electron chi connectivity index (χ0n) is 11.0. The quantitative estimate of drug-likeness (QED) is 0.747. The number of nitrogens with two attached hydrogens (primary N) is 1. The normalized spacial score (nSPS) is 10.9. The van der Waals surface area contributed by atoms with E-state index in [-0.39, 0.29) is 0 Å². The molecule has 0 spiro atoms. The molecule has 3 rings (SSSR count). The molecular formula is C15H14BrN3O. The second-order valence-electron chi connectivity index (χ2n) is 4.56. The molecule has 1 aromatic heterocycles. The van der Waals surface area contributed by atoms with Crippen LogP contribution in [0.5, 0.6) is 5.75 Å². The van der Waals surface area contributed by atoms with Gasteiger partial charge in [-0.2, -0.15) is 5.10 Å². The van der Waals surface area contributed by atoms with Crippen molar-refractivity contribution in [2.24, 2.45) is 7.05 Å². The summed E-state index contributed by atoms with van der Waals surface area (Å²) in [5.41, 5.74) is 8.53. The molecule has 0 aliphatic rings. The highest BCUT2D eigenvalue weighted by molar-refractivity contribution is 9.10. The van der Waals surface area contributed by atoms with E-state index >= 15 is 0 Å². The first-order chi connectivity index (χ1) is 9.65. The first-order valence-electron chi connectivity index (χ1n) is 6.23. The van der Waals surface area contributed by atoms with Gasteiger partial charge in [-0.1, -0.05) is 34.1 Å². The van der Waals surface area contributed by atoms with Crippen LogP contribution >= 0.6 is 15.9 Å². The first-order valence-corrected chi connectivity index (χ1v) is 7.03. The molecule has 0 unspecified atom stereocenters. The molecule has 0 fully saturated rings. The highest BCUT2D eigenvalue weighted by atomic mass is 79.9. The van der Waals surface area contributed by atoms with Gasteiger partial charge in [0.15, 0.2) is 0 Å². The zero-order valence-corrected chi connectivity index (χ0v) is 12.6. The SMILES string of the molecule is Cn1nc(COc2ccc(Br)cc2N)c2ccccc21. The lowest BCUT2D eigenvalue weighted by Crippen LogP contribution is -2.00. The number of rotatable bonds is 3. The van der Waals surface area contributed by atoms with Crippen LogP contribution in [0.25, 0.3) is 10.9 Å². The van der Waals surface area contributed by atoms with Crippen LogP contribution in [0, 0.1) is 0 Å². The Morgan fingerprint density at radius 3 is 2.85 bits per heavy atom. The van der Waals surface area contributed by atoms with E-state index in [1.165, 1.54) is 0 Å². The molecule has 5 heteroatoms. The number of nitrogen functional groups attached to an aromatic ring is 1. The van der Waals surface area contributed by atoms with Crippen molar-refractivity contribution < 1.29 is 4.74 Å². The number of para-hydroxylation sites is 1. The molecule has 20 heavy (non-hydrogen) atoms. The summed E-state index contributed by atoms with van der Waals surface area (Å²) >= 11 is 3.38. The van der Waals surface area contributed by atoms with Crippen molar-refractivity contribution in [3.8, 4) is 5.75 Å². The average Bonchev–Trinajstić information content (AvgIpc) is 2.75. The van der Waals surface area contributed by atoms with Gasteiger partial charge in [0, 0.05) is 16.9 Å². The molecule has 2 aromatic carbocycles. The van der Waals surface area contributed by atoms with Crippen molar-refractivity contribution in [1.82, 2.24) is 9.78 Å². The number of aryl methyl sites for hydroxylation is 1. The Kier molecular flexibility index (Phi) is 3.36. The Morgan fingerprint density at radius 2 is 2.05 bits per heavy atom. The van der Waals surface area contributed by atoms with Crippen molar-refractivity contribution in [2.75, 3.05) is 5.73 Å². The molecule has 0 radical (unpaired) electrons. The van der Waals surface area contributed by atoms with E-state index in [1.54, 1.807) is 0 Å². The van der Waals surface area contributed by atoms with Gasteiger partial charge in [0.2, 0.25) is 0 Å². The molecule has 0 amide bonds. The average molecular weight is 332 g/mol. The summed E-state index contributed by atoms with van der Waals surface area (Å²) in [5, 5.41) is 5.60. The number of hydrogen-bond donors (Lipinski definition) is 1. The lowest BCUT2D eigenvalue weighted by atomic mass is 10.2. The Balaban J connectivity index is 1.87. The number of ether oxygens (including phenoxy) is 1.